The molecule has 21 heavy (non-hydrogen) atoms. The van der Waals surface area contributed by atoms with E-state index in [9.17, 15) is 9.18 Å². The number of hydrogen-bond acceptors (Lipinski definition) is 4. The number of nitrogens with one attached hydrogen (secondary N) is 1. The second kappa shape index (κ2) is 7.87. The minimum absolute atomic E-state index is 0.165. The number of nitrogens with zero attached hydrogens (tertiary/aromatic N) is 2. The third-order valence-electron chi connectivity index (χ3n) is 2.77. The number of ether oxygens (including phenoxy) is 1. The summed E-state index contributed by atoms with van der Waals surface area (Å²) in [7, 11) is 0. The smallest absolute Gasteiger partial charge is 0.343 e. The lowest BCUT2D eigenvalue weighted by Gasteiger charge is -2.06. The molecule has 5 nitrogen and oxygen atoms in total. The van der Waals surface area contributed by atoms with Crippen molar-refractivity contribution >= 4 is 11.8 Å². The summed E-state index contributed by atoms with van der Waals surface area (Å²) < 4.78 is 19.9. The number of H-pyrrole nitrogens is 1. The number of benzene rings is 1. The molecule has 1 heterocycles. The molecule has 1 aromatic heterocycles. The van der Waals surface area contributed by atoms with Gasteiger partial charge < -0.3 is 4.74 Å². The first-order valence-corrected chi connectivity index (χ1v) is 7.85. The van der Waals surface area contributed by atoms with Crippen LogP contribution in [0.3, 0.4) is 0 Å². The van der Waals surface area contributed by atoms with Crippen molar-refractivity contribution in [2.75, 3.05) is 12.4 Å². The second-order valence-electron chi connectivity index (χ2n) is 4.47. The van der Waals surface area contributed by atoms with Crippen LogP contribution in [0.15, 0.2) is 34.2 Å². The molecule has 1 aromatic carbocycles. The Morgan fingerprint density at radius 3 is 2.86 bits per heavy atom. The van der Waals surface area contributed by atoms with Gasteiger partial charge in [-0.2, -0.15) is 0 Å². The molecule has 0 aliphatic heterocycles. The highest BCUT2D eigenvalue weighted by molar-refractivity contribution is 7.99. The van der Waals surface area contributed by atoms with Crippen molar-refractivity contribution in [3.05, 3.63) is 40.6 Å². The van der Waals surface area contributed by atoms with Crippen LogP contribution >= 0.6 is 11.8 Å². The van der Waals surface area contributed by atoms with Crippen molar-refractivity contribution in [3.8, 4) is 5.75 Å². The zero-order valence-electron chi connectivity index (χ0n) is 11.8. The maximum absolute atomic E-state index is 12.7. The lowest BCUT2D eigenvalue weighted by atomic mass is 10.3. The number of thioether (sulfide) groups is 1. The lowest BCUT2D eigenvalue weighted by molar-refractivity contribution is 0.318. The lowest BCUT2D eigenvalue weighted by Crippen LogP contribution is -2.17. The molecular weight excluding hydrogens is 293 g/mol. The van der Waals surface area contributed by atoms with Crippen molar-refractivity contribution in [1.82, 2.24) is 14.8 Å². The predicted octanol–water partition coefficient (Wildman–Crippen LogP) is 2.68. The monoisotopic (exact) mass is 311 g/mol. The molecule has 2 aromatic rings. The Kier molecular flexibility index (Phi) is 5.86. The SMILES string of the molecule is CCCn1c(SCCCOc2ccc(F)cc2)n[nH]c1=O. The van der Waals surface area contributed by atoms with E-state index in [1.165, 1.54) is 23.9 Å². The molecule has 2 rings (SSSR count). The van der Waals surface area contributed by atoms with E-state index in [-0.39, 0.29) is 11.5 Å². The number of aromatic nitrogens is 3. The second-order valence-corrected chi connectivity index (χ2v) is 5.53. The highest BCUT2D eigenvalue weighted by Crippen LogP contribution is 2.16. The van der Waals surface area contributed by atoms with Gasteiger partial charge in [-0.25, -0.2) is 14.3 Å². The Morgan fingerprint density at radius 1 is 1.38 bits per heavy atom. The molecular formula is C14H18FN3O2S. The van der Waals surface area contributed by atoms with Crippen LogP contribution in [0.5, 0.6) is 5.75 Å². The normalized spacial score (nSPS) is 10.8. The number of aromatic amines is 1. The summed E-state index contributed by atoms with van der Waals surface area (Å²) in [6.07, 6.45) is 1.70. The topological polar surface area (TPSA) is 59.9 Å². The molecule has 0 unspecified atom stereocenters. The van der Waals surface area contributed by atoms with E-state index in [0.29, 0.717) is 24.1 Å². The Bertz CT molecular complexity index is 609. The molecule has 0 amide bonds. The van der Waals surface area contributed by atoms with E-state index in [1.807, 2.05) is 6.92 Å². The van der Waals surface area contributed by atoms with Gasteiger partial charge in [0, 0.05) is 12.3 Å². The van der Waals surface area contributed by atoms with Gasteiger partial charge in [-0.3, -0.25) is 4.57 Å². The summed E-state index contributed by atoms with van der Waals surface area (Å²) in [6.45, 7) is 3.23. The van der Waals surface area contributed by atoms with Crippen LogP contribution in [0.2, 0.25) is 0 Å². The average Bonchev–Trinajstić information content (AvgIpc) is 2.82. The van der Waals surface area contributed by atoms with Gasteiger partial charge in [-0.05, 0) is 37.1 Å². The van der Waals surface area contributed by atoms with E-state index >= 15 is 0 Å². The average molecular weight is 311 g/mol. The van der Waals surface area contributed by atoms with Crippen LogP contribution in [0, 0.1) is 5.82 Å². The van der Waals surface area contributed by atoms with Gasteiger partial charge in [0.15, 0.2) is 5.16 Å². The van der Waals surface area contributed by atoms with Gasteiger partial charge in [-0.1, -0.05) is 18.7 Å². The molecule has 0 saturated heterocycles. The minimum atomic E-state index is -0.273. The zero-order chi connectivity index (χ0) is 15.1. The first-order valence-electron chi connectivity index (χ1n) is 6.87. The van der Waals surface area contributed by atoms with Crippen molar-refractivity contribution in [2.24, 2.45) is 0 Å². The summed E-state index contributed by atoms with van der Waals surface area (Å²) in [5.41, 5.74) is -0.165. The van der Waals surface area contributed by atoms with Crippen molar-refractivity contribution in [1.29, 1.82) is 0 Å². The molecule has 0 bridgehead atoms. The molecule has 7 heteroatoms. The molecule has 0 saturated carbocycles. The van der Waals surface area contributed by atoms with Gasteiger partial charge in [0.25, 0.3) is 0 Å². The minimum Gasteiger partial charge on any atom is -0.494 e. The predicted molar refractivity (Wildman–Crippen MR) is 80.4 cm³/mol. The molecule has 0 fully saturated rings. The fourth-order valence-electron chi connectivity index (χ4n) is 1.78. The Morgan fingerprint density at radius 2 is 2.14 bits per heavy atom. The van der Waals surface area contributed by atoms with Crippen LogP contribution < -0.4 is 10.4 Å². The van der Waals surface area contributed by atoms with Crippen molar-refractivity contribution in [2.45, 2.75) is 31.5 Å². The summed E-state index contributed by atoms with van der Waals surface area (Å²) in [5, 5.41) is 7.18. The third kappa shape index (κ3) is 4.63. The maximum Gasteiger partial charge on any atom is 0.343 e. The van der Waals surface area contributed by atoms with E-state index < -0.39 is 0 Å². The third-order valence-corrected chi connectivity index (χ3v) is 3.84. The van der Waals surface area contributed by atoms with Crippen LogP contribution in [0.1, 0.15) is 19.8 Å². The quantitative estimate of drug-likeness (QED) is 0.601. The van der Waals surface area contributed by atoms with Gasteiger partial charge in [0.1, 0.15) is 11.6 Å². The molecule has 0 aliphatic rings. The highest BCUT2D eigenvalue weighted by Gasteiger charge is 2.07. The number of rotatable bonds is 8. The summed E-state index contributed by atoms with van der Waals surface area (Å²) in [6, 6.07) is 5.96. The zero-order valence-corrected chi connectivity index (χ0v) is 12.7. The maximum atomic E-state index is 12.7. The van der Waals surface area contributed by atoms with Gasteiger partial charge in [0.2, 0.25) is 0 Å². The molecule has 1 N–H and O–H groups in total. The van der Waals surface area contributed by atoms with E-state index in [0.717, 1.165) is 18.6 Å². The summed E-state index contributed by atoms with van der Waals surface area (Å²) in [5.74, 6) is 1.18. The largest absolute Gasteiger partial charge is 0.494 e. The number of hydrogen-bond donors (Lipinski definition) is 1. The number of halogens is 1. The molecule has 114 valence electrons. The van der Waals surface area contributed by atoms with Crippen LogP contribution in [-0.4, -0.2) is 27.1 Å². The van der Waals surface area contributed by atoms with Crippen molar-refractivity contribution in [3.63, 3.8) is 0 Å². The first-order chi connectivity index (χ1) is 10.2. The van der Waals surface area contributed by atoms with Gasteiger partial charge in [-0.15, -0.1) is 5.10 Å². The first kappa shape index (κ1) is 15.6. The molecule has 0 radical (unpaired) electrons. The fourth-order valence-corrected chi connectivity index (χ4v) is 2.66. The van der Waals surface area contributed by atoms with Gasteiger partial charge >= 0.3 is 5.69 Å². The molecule has 0 atom stereocenters. The van der Waals surface area contributed by atoms with Crippen LogP contribution in [0.4, 0.5) is 4.39 Å². The Hall–Kier alpha value is -1.76. The fraction of sp³-hybridized carbons (Fsp3) is 0.429. The van der Waals surface area contributed by atoms with E-state index in [1.54, 1.807) is 16.7 Å². The highest BCUT2D eigenvalue weighted by atomic mass is 32.2. The van der Waals surface area contributed by atoms with Crippen LogP contribution in [0.25, 0.3) is 0 Å². The van der Waals surface area contributed by atoms with Crippen molar-refractivity contribution < 1.29 is 9.13 Å². The van der Waals surface area contributed by atoms with E-state index in [2.05, 4.69) is 10.2 Å². The Labute approximate surface area is 126 Å². The standard InChI is InChI=1S/C14H18FN3O2S/c1-2-8-18-13(19)16-17-14(18)21-10-3-9-20-12-6-4-11(15)5-7-12/h4-7H,2-3,8-10H2,1H3,(H,16,19). The molecule has 0 aliphatic carbocycles. The van der Waals surface area contributed by atoms with E-state index in [4.69, 9.17) is 4.74 Å². The molecule has 0 spiro atoms. The Balaban J connectivity index is 1.72. The van der Waals surface area contributed by atoms with Gasteiger partial charge in [0.05, 0.1) is 6.61 Å². The summed E-state index contributed by atoms with van der Waals surface area (Å²) in [4.78, 5) is 11.5. The summed E-state index contributed by atoms with van der Waals surface area (Å²) >= 11 is 1.53. The van der Waals surface area contributed by atoms with Crippen LogP contribution in [-0.2, 0) is 6.54 Å².